The SMILES string of the molecule is C/C=C/C(=O)Oc1ccc([C@@H](O)[C@@H](O)c2ccc(OC(=O)/C=C/C)cc2)cc1. The summed E-state index contributed by atoms with van der Waals surface area (Å²) in [6.45, 7) is 3.42. The van der Waals surface area contributed by atoms with Gasteiger partial charge in [-0.15, -0.1) is 0 Å². The molecular formula is C22H22O6. The van der Waals surface area contributed by atoms with E-state index in [1.165, 1.54) is 36.4 Å². The van der Waals surface area contributed by atoms with E-state index in [4.69, 9.17) is 9.47 Å². The van der Waals surface area contributed by atoms with Gasteiger partial charge in [-0.25, -0.2) is 9.59 Å². The molecular weight excluding hydrogens is 360 g/mol. The van der Waals surface area contributed by atoms with Gasteiger partial charge in [-0.2, -0.15) is 0 Å². The first-order chi connectivity index (χ1) is 13.4. The smallest absolute Gasteiger partial charge is 0.335 e. The lowest BCUT2D eigenvalue weighted by atomic mass is 9.98. The first kappa shape index (κ1) is 21.1. The molecule has 146 valence electrons. The average Bonchev–Trinajstić information content (AvgIpc) is 2.68. The Balaban J connectivity index is 2.04. The number of benzene rings is 2. The van der Waals surface area contributed by atoms with Crippen LogP contribution in [0.2, 0.25) is 0 Å². The van der Waals surface area contributed by atoms with E-state index in [2.05, 4.69) is 0 Å². The van der Waals surface area contributed by atoms with Crippen molar-refractivity contribution >= 4 is 11.9 Å². The van der Waals surface area contributed by atoms with Crippen molar-refractivity contribution in [3.05, 3.63) is 84.0 Å². The zero-order chi connectivity index (χ0) is 20.5. The molecule has 6 nitrogen and oxygen atoms in total. The molecule has 0 fully saturated rings. The van der Waals surface area contributed by atoms with Crippen LogP contribution >= 0.6 is 0 Å². The van der Waals surface area contributed by atoms with Crippen LogP contribution in [-0.4, -0.2) is 22.2 Å². The highest BCUT2D eigenvalue weighted by molar-refractivity contribution is 5.84. The number of hydrogen-bond donors (Lipinski definition) is 2. The second kappa shape index (κ2) is 10.2. The number of aliphatic hydroxyl groups excluding tert-OH is 2. The zero-order valence-electron chi connectivity index (χ0n) is 15.6. The van der Waals surface area contributed by atoms with E-state index in [0.717, 1.165) is 0 Å². The predicted molar refractivity (Wildman–Crippen MR) is 104 cm³/mol. The van der Waals surface area contributed by atoms with E-state index in [0.29, 0.717) is 22.6 Å². The summed E-state index contributed by atoms with van der Waals surface area (Å²) in [5, 5.41) is 20.8. The Hall–Kier alpha value is -3.22. The van der Waals surface area contributed by atoms with Crippen LogP contribution < -0.4 is 9.47 Å². The number of ether oxygens (including phenoxy) is 2. The highest BCUT2D eigenvalue weighted by atomic mass is 16.5. The Bertz CT molecular complexity index is 776. The van der Waals surface area contributed by atoms with Gasteiger partial charge in [-0.3, -0.25) is 0 Å². The molecule has 0 heterocycles. The third-order valence-electron chi connectivity index (χ3n) is 3.78. The maximum Gasteiger partial charge on any atom is 0.335 e. The average molecular weight is 382 g/mol. The van der Waals surface area contributed by atoms with Gasteiger partial charge in [0.2, 0.25) is 0 Å². The van der Waals surface area contributed by atoms with Crippen molar-refractivity contribution in [2.75, 3.05) is 0 Å². The molecule has 2 rings (SSSR count). The van der Waals surface area contributed by atoms with Crippen molar-refractivity contribution in [2.45, 2.75) is 26.1 Å². The van der Waals surface area contributed by atoms with Crippen molar-refractivity contribution in [2.24, 2.45) is 0 Å². The van der Waals surface area contributed by atoms with E-state index < -0.39 is 24.1 Å². The molecule has 0 unspecified atom stereocenters. The molecule has 0 aliphatic carbocycles. The van der Waals surface area contributed by atoms with Crippen LogP contribution in [0.15, 0.2) is 72.8 Å². The Kier molecular flexibility index (Phi) is 7.68. The molecule has 2 aromatic carbocycles. The van der Waals surface area contributed by atoms with Gasteiger partial charge in [0.1, 0.15) is 23.7 Å². The largest absolute Gasteiger partial charge is 0.423 e. The third kappa shape index (κ3) is 5.90. The number of allylic oxidation sites excluding steroid dienone is 2. The zero-order valence-corrected chi connectivity index (χ0v) is 15.6. The molecule has 2 atom stereocenters. The fourth-order valence-electron chi connectivity index (χ4n) is 2.40. The number of carbonyl (C=O) groups is 2. The molecule has 0 saturated carbocycles. The van der Waals surface area contributed by atoms with Crippen LogP contribution in [0, 0.1) is 0 Å². The molecule has 0 aliphatic heterocycles. The van der Waals surface area contributed by atoms with Crippen LogP contribution in [-0.2, 0) is 9.59 Å². The van der Waals surface area contributed by atoms with Crippen LogP contribution in [0.1, 0.15) is 37.2 Å². The molecule has 2 N–H and O–H groups in total. The van der Waals surface area contributed by atoms with Crippen molar-refractivity contribution in [3.63, 3.8) is 0 Å². The monoisotopic (exact) mass is 382 g/mol. The van der Waals surface area contributed by atoms with E-state index in [1.807, 2.05) is 0 Å². The van der Waals surface area contributed by atoms with Crippen LogP contribution in [0.3, 0.4) is 0 Å². The van der Waals surface area contributed by atoms with Gasteiger partial charge in [0.15, 0.2) is 0 Å². The molecule has 0 saturated heterocycles. The number of carbonyl (C=O) groups excluding carboxylic acids is 2. The van der Waals surface area contributed by atoms with Crippen LogP contribution in [0.5, 0.6) is 11.5 Å². The van der Waals surface area contributed by atoms with Gasteiger partial charge >= 0.3 is 11.9 Å². The molecule has 0 aromatic heterocycles. The van der Waals surface area contributed by atoms with Crippen molar-refractivity contribution in [1.29, 1.82) is 0 Å². The Morgan fingerprint density at radius 3 is 1.32 bits per heavy atom. The van der Waals surface area contributed by atoms with Crippen molar-refractivity contribution < 1.29 is 29.3 Å². The minimum absolute atomic E-state index is 0.334. The van der Waals surface area contributed by atoms with E-state index in [1.54, 1.807) is 50.3 Å². The van der Waals surface area contributed by atoms with Crippen LogP contribution in [0.25, 0.3) is 0 Å². The van der Waals surface area contributed by atoms with Gasteiger partial charge in [0.25, 0.3) is 0 Å². The Morgan fingerprint density at radius 1 is 0.714 bits per heavy atom. The number of rotatable bonds is 7. The van der Waals surface area contributed by atoms with E-state index >= 15 is 0 Å². The second-order valence-corrected chi connectivity index (χ2v) is 5.87. The first-order valence-electron chi connectivity index (χ1n) is 8.69. The summed E-state index contributed by atoms with van der Waals surface area (Å²) in [5.41, 5.74) is 0.920. The van der Waals surface area contributed by atoms with E-state index in [-0.39, 0.29) is 0 Å². The molecule has 0 bridgehead atoms. The molecule has 0 aliphatic rings. The number of hydrogen-bond acceptors (Lipinski definition) is 6. The topological polar surface area (TPSA) is 93.1 Å². The predicted octanol–water partition coefficient (Wildman–Crippen LogP) is 3.42. The van der Waals surface area contributed by atoms with Crippen LogP contribution in [0.4, 0.5) is 0 Å². The first-order valence-corrected chi connectivity index (χ1v) is 8.69. The van der Waals surface area contributed by atoms with E-state index in [9.17, 15) is 19.8 Å². The van der Waals surface area contributed by atoms with Gasteiger partial charge < -0.3 is 19.7 Å². The normalized spacial score (nSPS) is 13.4. The summed E-state index contributed by atoms with van der Waals surface area (Å²) in [6.07, 6.45) is 3.37. The lowest BCUT2D eigenvalue weighted by Gasteiger charge is -2.19. The third-order valence-corrected chi connectivity index (χ3v) is 3.78. The summed E-state index contributed by atoms with van der Waals surface area (Å²) in [6, 6.07) is 12.4. The van der Waals surface area contributed by atoms with Gasteiger partial charge in [0, 0.05) is 12.2 Å². The summed E-state index contributed by atoms with van der Waals surface area (Å²) in [4.78, 5) is 22.8. The molecule has 6 heteroatoms. The Labute approximate surface area is 163 Å². The fraction of sp³-hybridized carbons (Fsp3) is 0.182. The number of esters is 2. The molecule has 28 heavy (non-hydrogen) atoms. The summed E-state index contributed by atoms with van der Waals surface area (Å²) < 4.78 is 10.2. The van der Waals surface area contributed by atoms with Gasteiger partial charge in [-0.1, -0.05) is 36.4 Å². The maximum absolute atomic E-state index is 11.4. The highest BCUT2D eigenvalue weighted by Crippen LogP contribution is 2.30. The maximum atomic E-state index is 11.4. The van der Waals surface area contributed by atoms with Gasteiger partial charge in [0.05, 0.1) is 0 Å². The minimum atomic E-state index is -1.18. The minimum Gasteiger partial charge on any atom is -0.423 e. The number of aliphatic hydroxyl groups is 2. The summed E-state index contributed by atoms with van der Waals surface area (Å²) >= 11 is 0. The summed E-state index contributed by atoms with van der Waals surface area (Å²) in [5.74, 6) is -0.321. The molecule has 0 amide bonds. The Morgan fingerprint density at radius 2 is 1.04 bits per heavy atom. The summed E-state index contributed by atoms with van der Waals surface area (Å²) in [7, 11) is 0. The molecule has 0 radical (unpaired) electrons. The standard InChI is InChI=1S/C22H22O6/c1-3-5-19(23)27-17-11-7-15(8-12-17)21(25)22(26)16-9-13-18(14-10-16)28-20(24)6-4-2/h3-14,21-22,25-26H,1-2H3/b5-3+,6-4+/t21-,22+. The lowest BCUT2D eigenvalue weighted by Crippen LogP contribution is -2.11. The lowest BCUT2D eigenvalue weighted by molar-refractivity contribution is -0.129. The van der Waals surface area contributed by atoms with Gasteiger partial charge in [-0.05, 0) is 49.2 Å². The van der Waals surface area contributed by atoms with Crippen molar-refractivity contribution in [1.82, 2.24) is 0 Å². The fourth-order valence-corrected chi connectivity index (χ4v) is 2.40. The van der Waals surface area contributed by atoms with Crippen molar-refractivity contribution in [3.8, 4) is 11.5 Å². The highest BCUT2D eigenvalue weighted by Gasteiger charge is 2.20. The second-order valence-electron chi connectivity index (χ2n) is 5.87. The molecule has 2 aromatic rings. The molecule has 0 spiro atoms. The quantitative estimate of drug-likeness (QED) is 0.433.